The Balaban J connectivity index is 0.00000300. The predicted molar refractivity (Wildman–Crippen MR) is 133 cm³/mol. The van der Waals surface area contributed by atoms with Crippen molar-refractivity contribution in [2.75, 3.05) is 39.9 Å². The minimum Gasteiger partial charge on any atom is -0.379 e. The van der Waals surface area contributed by atoms with Crippen molar-refractivity contribution in [2.45, 2.75) is 26.4 Å². The predicted octanol–water partition coefficient (Wildman–Crippen LogP) is 3.74. The molecule has 0 radical (unpaired) electrons. The molecule has 2 heterocycles. The molecule has 1 fully saturated rings. The van der Waals surface area contributed by atoms with Gasteiger partial charge >= 0.3 is 0 Å². The van der Waals surface area contributed by atoms with Gasteiger partial charge in [0.1, 0.15) is 0 Å². The van der Waals surface area contributed by atoms with E-state index in [2.05, 4.69) is 69.2 Å². The summed E-state index contributed by atoms with van der Waals surface area (Å²) < 4.78 is 5.44. The highest BCUT2D eigenvalue weighted by Crippen LogP contribution is 2.14. The summed E-state index contributed by atoms with van der Waals surface area (Å²) in [5, 5.41) is 9.03. The van der Waals surface area contributed by atoms with E-state index >= 15 is 0 Å². The van der Waals surface area contributed by atoms with Gasteiger partial charge in [-0.3, -0.25) is 9.89 Å². The summed E-state index contributed by atoms with van der Waals surface area (Å²) in [5.41, 5.74) is 2.63. The van der Waals surface area contributed by atoms with E-state index in [1.54, 1.807) is 0 Å². The number of thiophene rings is 1. The Morgan fingerprint density at radius 2 is 1.97 bits per heavy atom. The summed E-state index contributed by atoms with van der Waals surface area (Å²) in [6, 6.07) is 13.1. The molecule has 160 valence electrons. The van der Waals surface area contributed by atoms with E-state index in [-0.39, 0.29) is 24.0 Å². The molecule has 1 atom stereocenters. The van der Waals surface area contributed by atoms with Crippen LogP contribution in [0.25, 0.3) is 0 Å². The zero-order valence-electron chi connectivity index (χ0n) is 17.4. The first-order valence-corrected chi connectivity index (χ1v) is 11.0. The second kappa shape index (κ2) is 13.2. The number of aliphatic imine (C=N–C) groups is 1. The molecule has 1 aliphatic heterocycles. The third-order valence-electron chi connectivity index (χ3n) is 4.93. The van der Waals surface area contributed by atoms with Gasteiger partial charge < -0.3 is 15.4 Å². The summed E-state index contributed by atoms with van der Waals surface area (Å²) in [6.45, 7) is 8.66. The van der Waals surface area contributed by atoms with E-state index in [9.17, 15) is 0 Å². The van der Waals surface area contributed by atoms with Gasteiger partial charge in [-0.1, -0.05) is 37.3 Å². The van der Waals surface area contributed by atoms with Crippen LogP contribution in [0.4, 0.5) is 0 Å². The molecule has 1 aliphatic rings. The second-order valence-corrected chi connectivity index (χ2v) is 8.44. The molecule has 2 N–H and O–H groups in total. The van der Waals surface area contributed by atoms with Crippen LogP contribution in [-0.4, -0.2) is 50.8 Å². The number of nitrogens with one attached hydrogen (secondary N) is 2. The molecule has 1 unspecified atom stereocenters. The number of halogens is 1. The molecule has 1 aromatic heterocycles. The highest BCUT2D eigenvalue weighted by molar-refractivity contribution is 14.0. The van der Waals surface area contributed by atoms with E-state index in [0.29, 0.717) is 5.92 Å². The van der Waals surface area contributed by atoms with Crippen molar-refractivity contribution < 1.29 is 4.74 Å². The third-order valence-corrected chi connectivity index (χ3v) is 5.83. The maximum Gasteiger partial charge on any atom is 0.191 e. The molecule has 0 saturated carbocycles. The lowest BCUT2D eigenvalue weighted by Gasteiger charge is -2.26. The number of nitrogens with zero attached hydrogens (tertiary/aromatic N) is 2. The maximum absolute atomic E-state index is 5.44. The fraction of sp³-hybridized carbons (Fsp3) is 0.500. The Morgan fingerprint density at radius 3 is 2.69 bits per heavy atom. The zero-order valence-corrected chi connectivity index (χ0v) is 20.5. The summed E-state index contributed by atoms with van der Waals surface area (Å²) in [6.07, 6.45) is 1.10. The van der Waals surface area contributed by atoms with Crippen molar-refractivity contribution in [1.29, 1.82) is 0 Å². The molecule has 1 aromatic carbocycles. The van der Waals surface area contributed by atoms with E-state index in [1.165, 1.54) is 16.0 Å². The first kappa shape index (κ1) is 24.1. The van der Waals surface area contributed by atoms with Crippen molar-refractivity contribution in [3.8, 4) is 0 Å². The molecule has 1 saturated heterocycles. The maximum atomic E-state index is 5.44. The number of hydrogen-bond donors (Lipinski definition) is 2. The van der Waals surface area contributed by atoms with Crippen LogP contribution in [0, 0.1) is 5.92 Å². The van der Waals surface area contributed by atoms with Gasteiger partial charge in [-0.2, -0.15) is 0 Å². The smallest absolute Gasteiger partial charge is 0.191 e. The molecule has 29 heavy (non-hydrogen) atoms. The molecule has 5 nitrogen and oxygen atoms in total. The average molecular weight is 529 g/mol. The minimum absolute atomic E-state index is 0. The van der Waals surface area contributed by atoms with Crippen LogP contribution >= 0.6 is 35.3 Å². The SMILES string of the molecule is CN=C(NCc1cccc(CN2CCOCC2)c1)NCC(C)Cc1cccs1.I. The molecule has 7 heteroatoms. The Kier molecular flexibility index (Phi) is 11.0. The van der Waals surface area contributed by atoms with E-state index in [1.807, 2.05) is 18.4 Å². The average Bonchev–Trinajstić information content (AvgIpc) is 3.22. The Morgan fingerprint density at radius 1 is 1.17 bits per heavy atom. The number of benzene rings is 1. The number of guanidine groups is 1. The second-order valence-electron chi connectivity index (χ2n) is 7.40. The van der Waals surface area contributed by atoms with Gasteiger partial charge in [-0.15, -0.1) is 35.3 Å². The van der Waals surface area contributed by atoms with Gasteiger partial charge in [-0.25, -0.2) is 0 Å². The molecule has 0 spiro atoms. The van der Waals surface area contributed by atoms with Gasteiger partial charge in [0.2, 0.25) is 0 Å². The van der Waals surface area contributed by atoms with Gasteiger partial charge in [0.05, 0.1) is 13.2 Å². The topological polar surface area (TPSA) is 48.9 Å². The minimum atomic E-state index is 0. The molecule has 2 aromatic rings. The van der Waals surface area contributed by atoms with Crippen LogP contribution in [0.5, 0.6) is 0 Å². The highest BCUT2D eigenvalue weighted by atomic mass is 127. The van der Waals surface area contributed by atoms with Gasteiger partial charge in [0.15, 0.2) is 5.96 Å². The van der Waals surface area contributed by atoms with Crippen molar-refractivity contribution in [3.63, 3.8) is 0 Å². The Hall–Kier alpha value is -1.16. The summed E-state index contributed by atoms with van der Waals surface area (Å²) in [7, 11) is 1.83. The lowest BCUT2D eigenvalue weighted by Crippen LogP contribution is -2.39. The lowest BCUT2D eigenvalue weighted by molar-refractivity contribution is 0.0342. The first-order chi connectivity index (χ1) is 13.7. The van der Waals surface area contributed by atoms with Crippen LogP contribution in [0.15, 0.2) is 46.8 Å². The third kappa shape index (κ3) is 8.62. The summed E-state index contributed by atoms with van der Waals surface area (Å²) in [5.74, 6) is 1.42. The van der Waals surface area contributed by atoms with Crippen molar-refractivity contribution in [2.24, 2.45) is 10.9 Å². The Bertz CT molecular complexity index is 732. The van der Waals surface area contributed by atoms with Crippen LogP contribution in [-0.2, 0) is 24.2 Å². The van der Waals surface area contributed by atoms with Gasteiger partial charge in [0, 0.05) is 44.6 Å². The summed E-state index contributed by atoms with van der Waals surface area (Å²) in [4.78, 5) is 8.25. The van der Waals surface area contributed by atoms with Crippen LogP contribution in [0.1, 0.15) is 22.9 Å². The standard InChI is InChI=1S/C22H32N4OS.HI/c1-18(13-21-7-4-12-28-21)15-24-22(23-2)25-16-19-5-3-6-20(14-19)17-26-8-10-27-11-9-26;/h3-7,12,14,18H,8-11,13,15-17H2,1-2H3,(H2,23,24,25);1H. The fourth-order valence-corrected chi connectivity index (χ4v) is 4.25. The number of hydrogen-bond acceptors (Lipinski definition) is 4. The van der Waals surface area contributed by atoms with Crippen molar-refractivity contribution in [3.05, 3.63) is 57.8 Å². The first-order valence-electron chi connectivity index (χ1n) is 10.1. The van der Waals surface area contributed by atoms with Crippen LogP contribution < -0.4 is 10.6 Å². The molecule has 3 rings (SSSR count). The van der Waals surface area contributed by atoms with E-state index < -0.39 is 0 Å². The van der Waals surface area contributed by atoms with Crippen LogP contribution in [0.2, 0.25) is 0 Å². The highest BCUT2D eigenvalue weighted by Gasteiger charge is 2.11. The zero-order chi connectivity index (χ0) is 19.6. The number of ether oxygens (including phenoxy) is 1. The quantitative estimate of drug-likeness (QED) is 0.312. The van der Waals surface area contributed by atoms with E-state index in [0.717, 1.165) is 58.3 Å². The number of rotatable bonds is 8. The number of morpholine rings is 1. The molecular weight excluding hydrogens is 495 g/mol. The van der Waals surface area contributed by atoms with Crippen molar-refractivity contribution in [1.82, 2.24) is 15.5 Å². The van der Waals surface area contributed by atoms with Crippen LogP contribution in [0.3, 0.4) is 0 Å². The monoisotopic (exact) mass is 528 g/mol. The molecule has 0 bridgehead atoms. The lowest BCUT2D eigenvalue weighted by atomic mass is 10.1. The molecule has 0 aliphatic carbocycles. The van der Waals surface area contributed by atoms with Gasteiger partial charge in [0.25, 0.3) is 0 Å². The van der Waals surface area contributed by atoms with E-state index in [4.69, 9.17) is 4.74 Å². The summed E-state index contributed by atoms with van der Waals surface area (Å²) >= 11 is 1.83. The largest absolute Gasteiger partial charge is 0.379 e. The normalized spacial score (nSPS) is 16.1. The fourth-order valence-electron chi connectivity index (χ4n) is 3.38. The van der Waals surface area contributed by atoms with Crippen molar-refractivity contribution >= 4 is 41.3 Å². The molecular formula is C22H33IN4OS. The molecule has 0 amide bonds. The Labute approximate surface area is 196 Å². The van der Waals surface area contributed by atoms with Gasteiger partial charge in [-0.05, 0) is 34.9 Å².